The number of carbonyl (C=O) groups excluding carboxylic acids is 1. The van der Waals surface area contributed by atoms with Crippen LogP contribution in [-0.2, 0) is 11.2 Å². The van der Waals surface area contributed by atoms with E-state index < -0.39 is 5.60 Å². The molecule has 4 nitrogen and oxygen atoms in total. The minimum absolute atomic E-state index is 0.0780. The second-order valence-electron chi connectivity index (χ2n) is 5.68. The van der Waals surface area contributed by atoms with Crippen molar-refractivity contribution in [2.45, 2.75) is 44.6 Å². The van der Waals surface area contributed by atoms with Crippen LogP contribution in [0.3, 0.4) is 0 Å². The molecule has 0 radical (unpaired) electrons. The molecule has 0 unspecified atom stereocenters. The zero-order valence-corrected chi connectivity index (χ0v) is 11.4. The highest BCUT2D eigenvalue weighted by atomic mass is 16.3. The van der Waals surface area contributed by atoms with Gasteiger partial charge in [0, 0.05) is 18.4 Å². The number of rotatable bonds is 4. The predicted octanol–water partition coefficient (Wildman–Crippen LogP) is 1.68. The Morgan fingerprint density at radius 2 is 2.21 bits per heavy atom. The number of aromatic nitrogens is 1. The minimum atomic E-state index is -0.716. The lowest BCUT2D eigenvalue weighted by atomic mass is 9.79. The van der Waals surface area contributed by atoms with Crippen molar-refractivity contribution in [2.75, 3.05) is 6.54 Å². The first-order chi connectivity index (χ1) is 9.07. The van der Waals surface area contributed by atoms with Gasteiger partial charge < -0.3 is 10.4 Å². The summed E-state index contributed by atoms with van der Waals surface area (Å²) in [5.41, 5.74) is 0.0380. The number of amides is 1. The molecule has 1 aromatic rings. The van der Waals surface area contributed by atoms with Crippen LogP contribution in [0.4, 0.5) is 0 Å². The van der Waals surface area contributed by atoms with Gasteiger partial charge in [0.25, 0.3) is 0 Å². The maximum absolute atomic E-state index is 11.8. The molecule has 1 amide bonds. The second kappa shape index (κ2) is 6.15. The first-order valence-corrected chi connectivity index (χ1v) is 6.96. The molecular formula is C15H22N2O2. The highest BCUT2D eigenvalue weighted by molar-refractivity contribution is 5.78. The van der Waals surface area contributed by atoms with Crippen molar-refractivity contribution in [3.8, 4) is 0 Å². The largest absolute Gasteiger partial charge is 0.388 e. The molecule has 4 heteroatoms. The SMILES string of the molecule is CC1CCC(O)(CNC(=O)Cc2ccccn2)CC1. The molecular weight excluding hydrogens is 240 g/mol. The van der Waals surface area contributed by atoms with E-state index in [0.717, 1.165) is 31.4 Å². The highest BCUT2D eigenvalue weighted by Gasteiger charge is 2.31. The summed E-state index contributed by atoms with van der Waals surface area (Å²) in [5.74, 6) is 0.607. The molecule has 0 bridgehead atoms. The maximum atomic E-state index is 11.8. The van der Waals surface area contributed by atoms with Gasteiger partial charge in [-0.2, -0.15) is 0 Å². The fourth-order valence-corrected chi connectivity index (χ4v) is 2.47. The molecule has 104 valence electrons. The van der Waals surface area contributed by atoms with Gasteiger partial charge in [-0.05, 0) is 43.7 Å². The van der Waals surface area contributed by atoms with Crippen LogP contribution in [0.25, 0.3) is 0 Å². The lowest BCUT2D eigenvalue weighted by Gasteiger charge is -2.34. The summed E-state index contributed by atoms with van der Waals surface area (Å²) >= 11 is 0. The van der Waals surface area contributed by atoms with Crippen molar-refractivity contribution in [2.24, 2.45) is 5.92 Å². The van der Waals surface area contributed by atoms with Gasteiger partial charge in [-0.3, -0.25) is 9.78 Å². The summed E-state index contributed by atoms with van der Waals surface area (Å²) in [6.07, 6.45) is 5.57. The first-order valence-electron chi connectivity index (χ1n) is 6.96. The van der Waals surface area contributed by atoms with Gasteiger partial charge in [-0.15, -0.1) is 0 Å². The zero-order valence-electron chi connectivity index (χ0n) is 11.4. The van der Waals surface area contributed by atoms with Gasteiger partial charge in [0.1, 0.15) is 0 Å². The van der Waals surface area contributed by atoms with Crippen molar-refractivity contribution in [3.05, 3.63) is 30.1 Å². The Hall–Kier alpha value is -1.42. The summed E-state index contributed by atoms with van der Waals surface area (Å²) in [6, 6.07) is 5.52. The monoisotopic (exact) mass is 262 g/mol. The third kappa shape index (κ3) is 4.31. The molecule has 2 N–H and O–H groups in total. The molecule has 1 saturated carbocycles. The summed E-state index contributed by atoms with van der Waals surface area (Å²) in [5, 5.41) is 13.2. The molecule has 0 aromatic carbocycles. The van der Waals surface area contributed by atoms with Crippen LogP contribution in [0.1, 0.15) is 38.3 Å². The molecule has 0 spiro atoms. The topological polar surface area (TPSA) is 62.2 Å². The summed E-state index contributed by atoms with van der Waals surface area (Å²) in [7, 11) is 0. The Morgan fingerprint density at radius 3 is 2.84 bits per heavy atom. The van der Waals surface area contributed by atoms with E-state index in [9.17, 15) is 9.90 Å². The number of nitrogens with zero attached hydrogens (tertiary/aromatic N) is 1. The zero-order chi connectivity index (χ0) is 13.7. The van der Waals surface area contributed by atoms with E-state index in [1.165, 1.54) is 0 Å². The molecule has 1 aliphatic rings. The van der Waals surface area contributed by atoms with Crippen molar-refractivity contribution >= 4 is 5.91 Å². The number of carbonyl (C=O) groups is 1. The van der Waals surface area contributed by atoms with Crippen LogP contribution in [-0.4, -0.2) is 28.1 Å². The van der Waals surface area contributed by atoms with E-state index in [4.69, 9.17) is 0 Å². The van der Waals surface area contributed by atoms with E-state index in [1.807, 2.05) is 18.2 Å². The Morgan fingerprint density at radius 1 is 1.47 bits per heavy atom. The van der Waals surface area contributed by atoms with Crippen LogP contribution in [0.2, 0.25) is 0 Å². The van der Waals surface area contributed by atoms with Gasteiger partial charge in [0.2, 0.25) is 5.91 Å². The third-order valence-electron chi connectivity index (χ3n) is 3.89. The van der Waals surface area contributed by atoms with Crippen molar-refractivity contribution in [1.29, 1.82) is 0 Å². The fourth-order valence-electron chi connectivity index (χ4n) is 2.47. The number of pyridine rings is 1. The quantitative estimate of drug-likeness (QED) is 0.868. The van der Waals surface area contributed by atoms with Crippen LogP contribution in [0.5, 0.6) is 0 Å². The number of aliphatic hydroxyl groups is 1. The molecule has 1 aliphatic carbocycles. The Balaban J connectivity index is 1.77. The normalized spacial score (nSPS) is 26.9. The smallest absolute Gasteiger partial charge is 0.226 e. The van der Waals surface area contributed by atoms with E-state index in [-0.39, 0.29) is 12.3 Å². The third-order valence-corrected chi connectivity index (χ3v) is 3.89. The second-order valence-corrected chi connectivity index (χ2v) is 5.68. The fraction of sp³-hybridized carbons (Fsp3) is 0.600. The van der Waals surface area contributed by atoms with Gasteiger partial charge in [-0.1, -0.05) is 13.0 Å². The van der Waals surface area contributed by atoms with Crippen LogP contribution in [0, 0.1) is 5.92 Å². The van der Waals surface area contributed by atoms with Gasteiger partial charge >= 0.3 is 0 Å². The lowest BCUT2D eigenvalue weighted by Crippen LogP contribution is -2.45. The van der Waals surface area contributed by atoms with E-state index in [2.05, 4.69) is 17.2 Å². The van der Waals surface area contributed by atoms with E-state index in [1.54, 1.807) is 6.20 Å². The molecule has 1 heterocycles. The molecule has 1 fully saturated rings. The van der Waals surface area contributed by atoms with Crippen LogP contribution >= 0.6 is 0 Å². The summed E-state index contributed by atoms with van der Waals surface area (Å²) in [4.78, 5) is 15.9. The van der Waals surface area contributed by atoms with E-state index >= 15 is 0 Å². The molecule has 2 rings (SSSR count). The number of hydrogen-bond donors (Lipinski definition) is 2. The van der Waals surface area contributed by atoms with Gasteiger partial charge in [-0.25, -0.2) is 0 Å². The molecule has 0 atom stereocenters. The van der Waals surface area contributed by atoms with Gasteiger partial charge in [0.15, 0.2) is 0 Å². The first kappa shape index (κ1) is 14.0. The van der Waals surface area contributed by atoms with Crippen LogP contribution < -0.4 is 5.32 Å². The minimum Gasteiger partial charge on any atom is -0.388 e. The highest BCUT2D eigenvalue weighted by Crippen LogP contribution is 2.31. The maximum Gasteiger partial charge on any atom is 0.226 e. The van der Waals surface area contributed by atoms with Crippen molar-refractivity contribution in [1.82, 2.24) is 10.3 Å². The van der Waals surface area contributed by atoms with Gasteiger partial charge in [0.05, 0.1) is 12.0 Å². The Bertz CT molecular complexity index is 411. The Kier molecular flexibility index (Phi) is 4.53. The van der Waals surface area contributed by atoms with Crippen molar-refractivity contribution in [3.63, 3.8) is 0 Å². The molecule has 0 aliphatic heterocycles. The summed E-state index contributed by atoms with van der Waals surface area (Å²) < 4.78 is 0. The predicted molar refractivity (Wildman–Crippen MR) is 73.5 cm³/mol. The van der Waals surface area contributed by atoms with Crippen molar-refractivity contribution < 1.29 is 9.90 Å². The molecule has 19 heavy (non-hydrogen) atoms. The standard InChI is InChI=1S/C15H22N2O2/c1-12-5-7-15(19,8-6-12)11-17-14(18)10-13-4-2-3-9-16-13/h2-4,9,12,19H,5-8,10-11H2,1H3,(H,17,18). The average Bonchev–Trinajstić information content (AvgIpc) is 2.42. The summed E-state index contributed by atoms with van der Waals surface area (Å²) in [6.45, 7) is 2.56. The molecule has 1 aromatic heterocycles. The number of hydrogen-bond acceptors (Lipinski definition) is 3. The van der Waals surface area contributed by atoms with E-state index in [0.29, 0.717) is 12.5 Å². The Labute approximate surface area is 114 Å². The average molecular weight is 262 g/mol. The lowest BCUT2D eigenvalue weighted by molar-refractivity contribution is -0.122. The molecule has 0 saturated heterocycles. The van der Waals surface area contributed by atoms with Crippen LogP contribution in [0.15, 0.2) is 24.4 Å². The number of nitrogens with one attached hydrogen (secondary N) is 1.